The smallest absolute Gasteiger partial charge is 0.789 e. The van der Waals surface area contributed by atoms with Crippen molar-refractivity contribution >= 4 is 41.1 Å². The number of hydrogen-bond donors (Lipinski definition) is 0. The summed E-state index contributed by atoms with van der Waals surface area (Å²) in [6.45, 7) is 9.15. The minimum atomic E-state index is 0. The first-order chi connectivity index (χ1) is 10.5. The predicted molar refractivity (Wildman–Crippen MR) is 119 cm³/mol. The summed E-state index contributed by atoms with van der Waals surface area (Å²) in [6.07, 6.45) is 2.58. The Kier molecular flexibility index (Phi) is 40.4. The van der Waals surface area contributed by atoms with Gasteiger partial charge in [0.2, 0.25) is 0 Å². The molecule has 0 aliphatic heterocycles. The molecular weight excluding hydrogens is 454 g/mol. The van der Waals surface area contributed by atoms with Crippen LogP contribution in [0.4, 0.5) is 0 Å². The van der Waals surface area contributed by atoms with Crippen LogP contribution in [-0.2, 0) is 64.0 Å². The fourth-order valence-electron chi connectivity index (χ4n) is 1.05. The molecule has 0 atom stereocenters. The van der Waals surface area contributed by atoms with Crippen molar-refractivity contribution in [2.75, 3.05) is 50.5 Å². The van der Waals surface area contributed by atoms with Gasteiger partial charge in [0, 0.05) is 60.7 Å². The standard InChI is InChI=1S/2C5H5.2C4H11PS.Cu.Ti/c2*1-2-4-5-3-1;2*1-5(2)3-4-6;;/h2*1-5H;2*6H,3-4H2,1-2H3;;/q2*-1;;;+1;. The molecule has 0 saturated carbocycles. The molecule has 6 heteroatoms. The summed E-state index contributed by atoms with van der Waals surface area (Å²) in [6, 6.07) is 20.0. The van der Waals surface area contributed by atoms with Gasteiger partial charge < -0.3 is 25.3 Å². The summed E-state index contributed by atoms with van der Waals surface area (Å²) >= 11 is 9.51. The van der Waals surface area contributed by atoms with E-state index in [2.05, 4.69) is 26.7 Å². The van der Waals surface area contributed by atoms with E-state index in [9.17, 15) is 0 Å². The summed E-state index contributed by atoms with van der Waals surface area (Å²) in [4.78, 5) is 0. The third-order valence-electron chi connectivity index (χ3n) is 2.32. The molecule has 142 valence electrons. The van der Waals surface area contributed by atoms with Crippen molar-refractivity contribution in [3.63, 3.8) is 0 Å². The van der Waals surface area contributed by atoms with Gasteiger partial charge in [0.25, 0.3) is 0 Å². The molecule has 0 saturated heterocycles. The summed E-state index contributed by atoms with van der Waals surface area (Å²) < 4.78 is 0. The summed E-state index contributed by atoms with van der Waals surface area (Å²) in [5.74, 6) is 1.92. The molecule has 2 aromatic carbocycles. The fourth-order valence-corrected chi connectivity index (χ4v) is 4.32. The third kappa shape index (κ3) is 38.8. The van der Waals surface area contributed by atoms with Gasteiger partial charge in [-0.3, -0.25) is 0 Å². The molecule has 0 aromatic heterocycles. The minimum absolute atomic E-state index is 0. The molecule has 0 spiro atoms. The van der Waals surface area contributed by atoms with Gasteiger partial charge in [-0.15, -0.1) is 11.5 Å². The average Bonchev–Trinajstić information content (AvgIpc) is 3.19. The molecule has 0 aliphatic rings. The fraction of sp³-hybridized carbons (Fsp3) is 0.444. The van der Waals surface area contributed by atoms with Gasteiger partial charge in [0.1, 0.15) is 0 Å². The Morgan fingerprint density at radius 1 is 0.667 bits per heavy atom. The van der Waals surface area contributed by atoms with Gasteiger partial charge >= 0.3 is 17.1 Å². The second-order valence-corrected chi connectivity index (χ2v) is 11.9. The normalized spacial score (nSPS) is 8.33. The van der Waals surface area contributed by atoms with E-state index in [4.69, 9.17) is 25.3 Å². The van der Waals surface area contributed by atoms with Crippen molar-refractivity contribution in [1.29, 1.82) is 0 Å². The molecule has 0 fully saturated rings. The van der Waals surface area contributed by atoms with E-state index in [1.54, 1.807) is 0 Å². The maximum atomic E-state index is 4.75. The zero-order chi connectivity index (χ0) is 17.1. The second kappa shape index (κ2) is 29.3. The Morgan fingerprint density at radius 2 is 0.917 bits per heavy atom. The Labute approximate surface area is 189 Å². The first-order valence-corrected chi connectivity index (χ1v) is 14.2. The first-order valence-electron chi connectivity index (χ1n) is 7.62. The van der Waals surface area contributed by atoms with Crippen LogP contribution >= 0.6 is 15.8 Å². The van der Waals surface area contributed by atoms with E-state index in [-0.39, 0.29) is 54.6 Å². The Balaban J connectivity index is -0.000000108. The summed E-state index contributed by atoms with van der Waals surface area (Å²) in [7, 11) is 0.0206. The molecule has 0 unspecified atom stereocenters. The largest absolute Gasteiger partial charge is 1.00 e. The third-order valence-corrected chi connectivity index (χ3v) is 5.95. The van der Waals surface area contributed by atoms with Crippen LogP contribution in [0.5, 0.6) is 0 Å². The molecule has 0 radical (unpaired) electrons. The molecule has 0 N–H and O–H groups in total. The van der Waals surface area contributed by atoms with Crippen LogP contribution in [-0.4, -0.2) is 50.5 Å². The maximum Gasteiger partial charge on any atom is 1.00 e. The molecule has 0 bridgehead atoms. The van der Waals surface area contributed by atoms with Crippen molar-refractivity contribution < 1.29 is 38.8 Å². The van der Waals surface area contributed by atoms with Crippen molar-refractivity contribution in [2.24, 2.45) is 0 Å². The van der Waals surface area contributed by atoms with Gasteiger partial charge in [-0.2, -0.15) is 36.4 Å². The molecule has 0 nitrogen and oxygen atoms in total. The van der Waals surface area contributed by atoms with E-state index < -0.39 is 0 Å². The average molecular weight is 486 g/mol. The second-order valence-electron chi connectivity index (χ2n) is 5.25. The van der Waals surface area contributed by atoms with Crippen molar-refractivity contribution in [2.45, 2.75) is 0 Å². The van der Waals surface area contributed by atoms with Gasteiger partial charge in [-0.25, -0.2) is 24.3 Å². The van der Waals surface area contributed by atoms with E-state index in [1.807, 2.05) is 60.7 Å². The zero-order valence-corrected chi connectivity index (χ0v) is 21.4. The molecular formula is C18H32CuP2S2Ti-. The van der Waals surface area contributed by atoms with Crippen LogP contribution < -0.4 is 0 Å². The van der Waals surface area contributed by atoms with Gasteiger partial charge in [0.05, 0.1) is 0 Å². The zero-order valence-electron chi connectivity index (χ0n) is 15.2. The monoisotopic (exact) mass is 485 g/mol. The van der Waals surface area contributed by atoms with Crippen LogP contribution in [0.15, 0.2) is 60.7 Å². The van der Waals surface area contributed by atoms with Crippen molar-refractivity contribution in [1.82, 2.24) is 0 Å². The molecule has 24 heavy (non-hydrogen) atoms. The summed E-state index contributed by atoms with van der Waals surface area (Å²) in [5.41, 5.74) is 0. The van der Waals surface area contributed by atoms with Crippen molar-refractivity contribution in [3.8, 4) is 0 Å². The molecule has 0 aliphatic carbocycles. The van der Waals surface area contributed by atoms with Crippen LogP contribution in [0.25, 0.3) is 0 Å². The van der Waals surface area contributed by atoms with Crippen LogP contribution in [0.3, 0.4) is 0 Å². The Morgan fingerprint density at radius 3 is 0.958 bits per heavy atom. The van der Waals surface area contributed by atoms with E-state index in [0.29, 0.717) is 0 Å². The Hall–Kier alpha value is 1.49. The summed E-state index contributed by atoms with van der Waals surface area (Å²) in [5, 5.41) is 0. The van der Waals surface area contributed by atoms with Gasteiger partial charge in [-0.05, 0) is 15.8 Å². The number of hydrogen-bond acceptors (Lipinski definition) is 2. The van der Waals surface area contributed by atoms with Crippen LogP contribution in [0, 0.1) is 0 Å². The van der Waals surface area contributed by atoms with Gasteiger partial charge in [0.15, 0.2) is 0 Å². The SMILES string of the molecule is C[PH+](C)CC[S-].C[PH+](C)CC[S-].[Cu+].[Ti].c1cc[cH-]c1.c1cc[cH-]c1. The van der Waals surface area contributed by atoms with E-state index in [0.717, 1.165) is 11.5 Å². The minimum Gasteiger partial charge on any atom is -0.789 e. The van der Waals surface area contributed by atoms with Crippen LogP contribution in [0.2, 0.25) is 0 Å². The van der Waals surface area contributed by atoms with Crippen molar-refractivity contribution in [3.05, 3.63) is 60.7 Å². The van der Waals surface area contributed by atoms with E-state index >= 15 is 0 Å². The maximum absolute atomic E-state index is 4.75. The number of rotatable bonds is 4. The predicted octanol–water partition coefficient (Wildman–Crippen LogP) is 4.82. The van der Waals surface area contributed by atoms with Gasteiger partial charge in [-0.1, -0.05) is 0 Å². The molecule has 0 heterocycles. The Bertz CT molecular complexity index is 284. The topological polar surface area (TPSA) is 0 Å². The quantitative estimate of drug-likeness (QED) is 0.263. The molecule has 2 rings (SSSR count). The van der Waals surface area contributed by atoms with E-state index in [1.165, 1.54) is 12.3 Å². The molecule has 2 aromatic rings. The van der Waals surface area contributed by atoms with Crippen LogP contribution in [0.1, 0.15) is 0 Å². The molecule has 0 amide bonds. The first kappa shape index (κ1) is 33.1.